The van der Waals surface area contributed by atoms with Crippen molar-refractivity contribution < 1.29 is 37.7 Å². The van der Waals surface area contributed by atoms with Crippen LogP contribution in [-0.2, 0) is 19.1 Å². The molecule has 1 unspecified atom stereocenters. The highest BCUT2D eigenvalue weighted by atomic mass is 19.3. The van der Waals surface area contributed by atoms with Crippen LogP contribution in [0.25, 0.3) is 11.1 Å². The van der Waals surface area contributed by atoms with Crippen molar-refractivity contribution >= 4 is 18.0 Å². The Morgan fingerprint density at radius 1 is 1.15 bits per heavy atom. The lowest BCUT2D eigenvalue weighted by molar-refractivity contribution is -0.184. The molecule has 34 heavy (non-hydrogen) atoms. The number of benzene rings is 2. The van der Waals surface area contributed by atoms with Gasteiger partial charge in [0, 0.05) is 12.5 Å². The second-order valence-corrected chi connectivity index (χ2v) is 8.49. The van der Waals surface area contributed by atoms with E-state index in [4.69, 9.17) is 9.47 Å². The van der Waals surface area contributed by atoms with Gasteiger partial charge in [-0.1, -0.05) is 48.5 Å². The van der Waals surface area contributed by atoms with Gasteiger partial charge in [0.05, 0.1) is 19.7 Å². The summed E-state index contributed by atoms with van der Waals surface area (Å²) in [6.07, 6.45) is -1.08. The van der Waals surface area contributed by atoms with Crippen LogP contribution in [0.5, 0.6) is 0 Å². The Hall–Kier alpha value is -3.53. The van der Waals surface area contributed by atoms with Gasteiger partial charge in [-0.3, -0.25) is 4.79 Å². The molecule has 2 aromatic rings. The van der Waals surface area contributed by atoms with Crippen LogP contribution in [0.4, 0.5) is 13.6 Å². The summed E-state index contributed by atoms with van der Waals surface area (Å²) in [5.41, 5.74) is 2.24. The predicted molar refractivity (Wildman–Crippen MR) is 117 cm³/mol. The van der Waals surface area contributed by atoms with Gasteiger partial charge in [0.15, 0.2) is 5.60 Å². The van der Waals surface area contributed by atoms with Gasteiger partial charge in [-0.25, -0.2) is 9.59 Å². The van der Waals surface area contributed by atoms with Gasteiger partial charge in [0.2, 0.25) is 0 Å². The summed E-state index contributed by atoms with van der Waals surface area (Å²) in [6.45, 7) is -1.01. The standard InChI is InChI=1S/C24H24F2N2O6/c1-23(21(30)31)14-28(10-11-34-23)20(29)24(25,26)13-27-22(32)33-12-19-17-8-4-2-6-15(17)16-7-3-5-9-18(16)19/h2-9,19H,10-14H2,1H3,(H,27,32)(H,30,31). The second-order valence-electron chi connectivity index (χ2n) is 8.49. The van der Waals surface area contributed by atoms with Crippen molar-refractivity contribution in [2.45, 2.75) is 24.4 Å². The fraction of sp³-hybridized carbons (Fsp3) is 0.375. The summed E-state index contributed by atoms with van der Waals surface area (Å²) in [5.74, 6) is -7.11. The molecule has 180 valence electrons. The van der Waals surface area contributed by atoms with E-state index in [9.17, 15) is 28.3 Å². The molecule has 8 nitrogen and oxygen atoms in total. The number of alkyl carbamates (subject to hydrolysis) is 1. The number of hydrogen-bond donors (Lipinski definition) is 2. The van der Waals surface area contributed by atoms with Gasteiger partial charge >= 0.3 is 18.0 Å². The van der Waals surface area contributed by atoms with Gasteiger partial charge in [-0.15, -0.1) is 0 Å². The zero-order chi connectivity index (χ0) is 24.5. The lowest BCUT2D eigenvalue weighted by Crippen LogP contribution is -2.60. The first-order valence-corrected chi connectivity index (χ1v) is 10.8. The quantitative estimate of drug-likeness (QED) is 0.667. The normalized spacial score (nSPS) is 19.8. The number of aliphatic carboxylic acids is 1. The Labute approximate surface area is 194 Å². The Morgan fingerprint density at radius 3 is 2.32 bits per heavy atom. The summed E-state index contributed by atoms with van der Waals surface area (Å²) < 4.78 is 39.3. The summed E-state index contributed by atoms with van der Waals surface area (Å²) in [7, 11) is 0. The first-order chi connectivity index (χ1) is 16.1. The van der Waals surface area contributed by atoms with Gasteiger partial charge < -0.3 is 24.8 Å². The largest absolute Gasteiger partial charge is 0.479 e. The summed E-state index contributed by atoms with van der Waals surface area (Å²) >= 11 is 0. The molecule has 4 rings (SSSR count). The summed E-state index contributed by atoms with van der Waals surface area (Å²) in [4.78, 5) is 36.5. The molecule has 1 aliphatic heterocycles. The number of morpholine rings is 1. The summed E-state index contributed by atoms with van der Waals surface area (Å²) in [6, 6.07) is 15.4. The van der Waals surface area contributed by atoms with E-state index in [2.05, 4.69) is 0 Å². The SMILES string of the molecule is CC1(C(=O)O)CN(C(=O)C(F)(F)CNC(=O)OCC2c3ccccc3-c3ccccc32)CCO1. The van der Waals surface area contributed by atoms with Gasteiger partial charge in [-0.05, 0) is 29.2 Å². The van der Waals surface area contributed by atoms with E-state index in [1.807, 2.05) is 53.8 Å². The number of halogens is 2. The van der Waals surface area contributed by atoms with Crippen LogP contribution in [0.3, 0.4) is 0 Å². The van der Waals surface area contributed by atoms with E-state index >= 15 is 0 Å². The first kappa shape index (κ1) is 23.6. The molecule has 2 aliphatic rings. The number of nitrogens with one attached hydrogen (secondary N) is 1. The molecule has 10 heteroatoms. The number of nitrogens with zero attached hydrogens (tertiary/aromatic N) is 1. The van der Waals surface area contributed by atoms with Crippen molar-refractivity contribution in [1.82, 2.24) is 10.2 Å². The number of carbonyl (C=O) groups is 3. The third-order valence-corrected chi connectivity index (χ3v) is 6.13. The monoisotopic (exact) mass is 474 g/mol. The number of alkyl halides is 2. The van der Waals surface area contributed by atoms with Crippen LogP contribution in [0.15, 0.2) is 48.5 Å². The third-order valence-electron chi connectivity index (χ3n) is 6.13. The maximum Gasteiger partial charge on any atom is 0.407 e. The van der Waals surface area contributed by atoms with Crippen LogP contribution < -0.4 is 5.32 Å². The average molecular weight is 474 g/mol. The maximum atomic E-state index is 14.5. The highest BCUT2D eigenvalue weighted by Crippen LogP contribution is 2.44. The van der Waals surface area contributed by atoms with Crippen LogP contribution in [-0.4, -0.2) is 72.3 Å². The second kappa shape index (κ2) is 9.02. The zero-order valence-electron chi connectivity index (χ0n) is 18.4. The van der Waals surface area contributed by atoms with E-state index in [-0.39, 0.29) is 25.7 Å². The molecule has 0 bridgehead atoms. The third kappa shape index (κ3) is 4.45. The Balaban J connectivity index is 1.34. The van der Waals surface area contributed by atoms with Crippen LogP contribution in [0, 0.1) is 0 Å². The van der Waals surface area contributed by atoms with Gasteiger partial charge in [-0.2, -0.15) is 8.78 Å². The van der Waals surface area contributed by atoms with Crippen molar-refractivity contribution in [3.63, 3.8) is 0 Å². The minimum Gasteiger partial charge on any atom is -0.479 e. The fourth-order valence-electron chi connectivity index (χ4n) is 4.31. The molecule has 0 radical (unpaired) electrons. The van der Waals surface area contributed by atoms with Crippen molar-refractivity contribution in [1.29, 1.82) is 0 Å². The molecular weight excluding hydrogens is 450 g/mol. The highest BCUT2D eigenvalue weighted by molar-refractivity contribution is 5.86. The Kier molecular flexibility index (Phi) is 6.26. The van der Waals surface area contributed by atoms with E-state index < -0.39 is 42.6 Å². The average Bonchev–Trinajstić information content (AvgIpc) is 3.14. The lowest BCUT2D eigenvalue weighted by atomic mass is 9.98. The number of carbonyl (C=O) groups excluding carboxylic acids is 2. The summed E-state index contributed by atoms with van der Waals surface area (Å²) in [5, 5.41) is 11.2. The Morgan fingerprint density at radius 2 is 1.74 bits per heavy atom. The Bertz CT molecular complexity index is 1080. The number of fused-ring (bicyclic) bond motifs is 3. The molecule has 1 saturated heterocycles. The number of carboxylic acids is 1. The number of ether oxygens (including phenoxy) is 2. The molecular formula is C24H24F2N2O6. The molecule has 1 heterocycles. The molecule has 1 atom stereocenters. The molecule has 2 aromatic carbocycles. The van der Waals surface area contributed by atoms with Gasteiger partial charge in [0.1, 0.15) is 6.61 Å². The van der Waals surface area contributed by atoms with Crippen LogP contribution >= 0.6 is 0 Å². The highest BCUT2D eigenvalue weighted by Gasteiger charge is 2.48. The van der Waals surface area contributed by atoms with E-state index in [0.717, 1.165) is 27.2 Å². The molecule has 2 N–H and O–H groups in total. The number of amides is 2. The molecule has 0 aromatic heterocycles. The fourth-order valence-corrected chi connectivity index (χ4v) is 4.31. The van der Waals surface area contributed by atoms with Crippen molar-refractivity contribution in [3.8, 4) is 11.1 Å². The van der Waals surface area contributed by atoms with Crippen LogP contribution in [0.1, 0.15) is 24.0 Å². The molecule has 0 saturated carbocycles. The molecule has 0 spiro atoms. The molecule has 1 aliphatic carbocycles. The number of hydrogen-bond acceptors (Lipinski definition) is 5. The number of carboxylic acid groups (broad SMARTS) is 1. The lowest BCUT2D eigenvalue weighted by Gasteiger charge is -2.38. The van der Waals surface area contributed by atoms with Crippen molar-refractivity contribution in [2.75, 3.05) is 32.8 Å². The molecule has 2 amide bonds. The van der Waals surface area contributed by atoms with E-state index in [1.165, 1.54) is 6.92 Å². The van der Waals surface area contributed by atoms with E-state index in [0.29, 0.717) is 0 Å². The zero-order valence-corrected chi connectivity index (χ0v) is 18.4. The minimum atomic E-state index is -3.94. The van der Waals surface area contributed by atoms with Crippen molar-refractivity contribution in [3.05, 3.63) is 59.7 Å². The predicted octanol–water partition coefficient (Wildman–Crippen LogP) is 2.86. The van der Waals surface area contributed by atoms with Gasteiger partial charge in [0.25, 0.3) is 5.91 Å². The molecule has 1 fully saturated rings. The number of rotatable bonds is 6. The van der Waals surface area contributed by atoms with Crippen LogP contribution in [0.2, 0.25) is 0 Å². The van der Waals surface area contributed by atoms with E-state index in [1.54, 1.807) is 0 Å². The first-order valence-electron chi connectivity index (χ1n) is 10.8. The topological polar surface area (TPSA) is 105 Å². The minimum absolute atomic E-state index is 0.0557. The smallest absolute Gasteiger partial charge is 0.407 e. The maximum absolute atomic E-state index is 14.5. The van der Waals surface area contributed by atoms with Crippen molar-refractivity contribution in [2.24, 2.45) is 0 Å².